The van der Waals surface area contributed by atoms with Crippen molar-refractivity contribution in [2.45, 2.75) is 25.7 Å². The number of halogens is 1. The zero-order chi connectivity index (χ0) is 14.9. The predicted molar refractivity (Wildman–Crippen MR) is 87.9 cm³/mol. The molecule has 1 aliphatic carbocycles. The second-order valence-corrected chi connectivity index (χ2v) is 6.20. The van der Waals surface area contributed by atoms with Crippen molar-refractivity contribution < 1.29 is 9.59 Å². The molecule has 1 atom stereocenters. The molecule has 0 aromatic heterocycles. The highest BCUT2D eigenvalue weighted by Crippen LogP contribution is 2.58. The minimum absolute atomic E-state index is 0. The van der Waals surface area contributed by atoms with Gasteiger partial charge in [0.2, 0.25) is 11.8 Å². The lowest BCUT2D eigenvalue weighted by molar-refractivity contribution is -0.118. The number of hydrogen-bond donors (Lipinski definition) is 3. The van der Waals surface area contributed by atoms with E-state index in [9.17, 15) is 9.59 Å². The largest absolute Gasteiger partial charge is 0.369 e. The quantitative estimate of drug-likeness (QED) is 0.784. The van der Waals surface area contributed by atoms with Crippen molar-refractivity contribution in [3.8, 4) is 0 Å². The van der Waals surface area contributed by atoms with Crippen LogP contribution in [0, 0.1) is 11.3 Å². The van der Waals surface area contributed by atoms with E-state index in [4.69, 9.17) is 5.73 Å². The fourth-order valence-electron chi connectivity index (χ4n) is 3.33. The van der Waals surface area contributed by atoms with Gasteiger partial charge in [-0.25, -0.2) is 0 Å². The first-order chi connectivity index (χ1) is 10.1. The molecule has 1 aromatic carbocycles. The zero-order valence-electron chi connectivity index (χ0n) is 12.4. The summed E-state index contributed by atoms with van der Waals surface area (Å²) in [7, 11) is 0. The molecule has 0 bridgehead atoms. The maximum absolute atomic E-state index is 12.3. The van der Waals surface area contributed by atoms with Crippen molar-refractivity contribution in [3.05, 3.63) is 29.8 Å². The van der Waals surface area contributed by atoms with Gasteiger partial charge in [0.1, 0.15) is 0 Å². The lowest BCUT2D eigenvalue weighted by Gasteiger charge is -2.23. The summed E-state index contributed by atoms with van der Waals surface area (Å²) in [6, 6.07) is 7.31. The van der Waals surface area contributed by atoms with Gasteiger partial charge in [0.25, 0.3) is 0 Å². The van der Waals surface area contributed by atoms with Gasteiger partial charge in [-0.15, -0.1) is 12.4 Å². The van der Waals surface area contributed by atoms with Crippen LogP contribution in [0.15, 0.2) is 24.3 Å². The average Bonchev–Trinajstić information content (AvgIpc) is 3.15. The summed E-state index contributed by atoms with van der Waals surface area (Å²) in [5.41, 5.74) is 7.05. The van der Waals surface area contributed by atoms with Crippen molar-refractivity contribution in [1.82, 2.24) is 5.32 Å². The van der Waals surface area contributed by atoms with Crippen molar-refractivity contribution >= 4 is 29.9 Å². The molecule has 5 nitrogen and oxygen atoms in total. The molecule has 1 aromatic rings. The third-order valence-corrected chi connectivity index (χ3v) is 4.71. The van der Waals surface area contributed by atoms with E-state index in [1.54, 1.807) is 0 Å². The Morgan fingerprint density at radius 3 is 2.45 bits per heavy atom. The van der Waals surface area contributed by atoms with Gasteiger partial charge in [0.15, 0.2) is 0 Å². The molecule has 4 N–H and O–H groups in total. The number of piperidine rings is 1. The highest BCUT2D eigenvalue weighted by Gasteiger charge is 2.57. The van der Waals surface area contributed by atoms with Crippen LogP contribution in [0.4, 0.5) is 5.69 Å². The molecule has 6 heteroatoms. The van der Waals surface area contributed by atoms with E-state index in [0.717, 1.165) is 43.6 Å². The lowest BCUT2D eigenvalue weighted by Crippen LogP contribution is -2.31. The highest BCUT2D eigenvalue weighted by atomic mass is 35.5. The van der Waals surface area contributed by atoms with Crippen molar-refractivity contribution in [2.75, 3.05) is 18.4 Å². The molecule has 0 radical (unpaired) electrons. The van der Waals surface area contributed by atoms with Crippen LogP contribution in [-0.2, 0) is 16.0 Å². The molecule has 22 heavy (non-hydrogen) atoms. The fraction of sp³-hybridized carbons (Fsp3) is 0.500. The normalized spacial score (nSPS) is 21.7. The fourth-order valence-corrected chi connectivity index (χ4v) is 3.33. The van der Waals surface area contributed by atoms with Gasteiger partial charge in [0.05, 0.1) is 6.42 Å². The van der Waals surface area contributed by atoms with E-state index in [1.165, 1.54) is 0 Å². The van der Waals surface area contributed by atoms with Gasteiger partial charge < -0.3 is 16.4 Å². The summed E-state index contributed by atoms with van der Waals surface area (Å²) in [5.74, 6) is -0.0675. The Labute approximate surface area is 136 Å². The first-order valence-electron chi connectivity index (χ1n) is 7.48. The molecule has 2 aliphatic rings. The molecule has 1 saturated heterocycles. The topological polar surface area (TPSA) is 84.2 Å². The molecule has 1 unspecified atom stereocenters. The van der Waals surface area contributed by atoms with Gasteiger partial charge in [-0.05, 0) is 55.5 Å². The van der Waals surface area contributed by atoms with Gasteiger partial charge in [-0.2, -0.15) is 0 Å². The smallest absolute Gasteiger partial charge is 0.228 e. The van der Waals surface area contributed by atoms with Crippen molar-refractivity contribution in [3.63, 3.8) is 0 Å². The molecule has 1 spiro atoms. The Morgan fingerprint density at radius 2 is 1.86 bits per heavy atom. The van der Waals surface area contributed by atoms with Crippen LogP contribution in [0.1, 0.15) is 24.8 Å². The average molecular weight is 324 g/mol. The minimum Gasteiger partial charge on any atom is -0.369 e. The maximum atomic E-state index is 12.3. The van der Waals surface area contributed by atoms with Crippen LogP contribution in [0.25, 0.3) is 0 Å². The van der Waals surface area contributed by atoms with E-state index in [2.05, 4.69) is 10.6 Å². The monoisotopic (exact) mass is 323 g/mol. The lowest BCUT2D eigenvalue weighted by atomic mass is 9.92. The molecule has 1 heterocycles. The van der Waals surface area contributed by atoms with E-state index in [0.29, 0.717) is 0 Å². The van der Waals surface area contributed by atoms with Gasteiger partial charge >= 0.3 is 0 Å². The zero-order valence-corrected chi connectivity index (χ0v) is 13.2. The third kappa shape index (κ3) is 3.59. The number of carbonyl (C=O) groups excluding carboxylic acids is 2. The van der Waals surface area contributed by atoms with Crippen molar-refractivity contribution in [2.24, 2.45) is 17.1 Å². The van der Waals surface area contributed by atoms with E-state index in [1.807, 2.05) is 24.3 Å². The molecular formula is C16H22ClN3O2. The Morgan fingerprint density at radius 1 is 1.23 bits per heavy atom. The SMILES string of the molecule is Cl.NC(=O)Cc1ccc(NC(=O)C2CC23CCNCC3)cc1. The first-order valence-corrected chi connectivity index (χ1v) is 7.48. The standard InChI is InChI=1S/C16H21N3O2.ClH/c17-14(20)9-11-1-3-12(4-2-11)19-15(21)13-10-16(13)5-7-18-8-6-16;/h1-4,13,18H,5-10H2,(H2,17,20)(H,19,21);1H. The molecule has 3 rings (SSSR count). The summed E-state index contributed by atoms with van der Waals surface area (Å²) in [5, 5.41) is 6.32. The molecule has 2 fully saturated rings. The number of anilines is 1. The Bertz CT molecular complexity index is 553. The predicted octanol–water partition coefficient (Wildman–Crippen LogP) is 1.46. The second-order valence-electron chi connectivity index (χ2n) is 6.20. The van der Waals surface area contributed by atoms with Crippen LogP contribution in [0.5, 0.6) is 0 Å². The van der Waals surface area contributed by atoms with E-state index in [-0.39, 0.29) is 42.0 Å². The van der Waals surface area contributed by atoms with Gasteiger partial charge in [-0.3, -0.25) is 9.59 Å². The Balaban J connectivity index is 0.00000176. The summed E-state index contributed by atoms with van der Waals surface area (Å²) in [6.45, 7) is 2.04. The van der Waals surface area contributed by atoms with E-state index >= 15 is 0 Å². The van der Waals surface area contributed by atoms with Crippen LogP contribution in [-0.4, -0.2) is 24.9 Å². The van der Waals surface area contributed by atoms with Crippen LogP contribution >= 0.6 is 12.4 Å². The van der Waals surface area contributed by atoms with Crippen LogP contribution in [0.3, 0.4) is 0 Å². The number of nitrogens with two attached hydrogens (primary N) is 1. The number of rotatable bonds is 4. The number of hydrogen-bond acceptors (Lipinski definition) is 3. The number of primary amides is 1. The highest BCUT2D eigenvalue weighted by molar-refractivity contribution is 5.95. The summed E-state index contributed by atoms with van der Waals surface area (Å²) in [4.78, 5) is 23.2. The summed E-state index contributed by atoms with van der Waals surface area (Å²) < 4.78 is 0. The van der Waals surface area contributed by atoms with Crippen LogP contribution < -0.4 is 16.4 Å². The first kappa shape index (κ1) is 16.8. The van der Waals surface area contributed by atoms with Gasteiger partial charge in [0, 0.05) is 11.6 Å². The van der Waals surface area contributed by atoms with Crippen molar-refractivity contribution in [1.29, 1.82) is 0 Å². The molecule has 1 saturated carbocycles. The number of amides is 2. The number of benzene rings is 1. The minimum atomic E-state index is -0.349. The third-order valence-electron chi connectivity index (χ3n) is 4.71. The second kappa shape index (κ2) is 6.67. The van der Waals surface area contributed by atoms with E-state index < -0.39 is 0 Å². The molecule has 2 amide bonds. The number of carbonyl (C=O) groups is 2. The number of nitrogens with one attached hydrogen (secondary N) is 2. The Kier molecular flexibility index (Phi) is 5.08. The summed E-state index contributed by atoms with van der Waals surface area (Å²) >= 11 is 0. The summed E-state index contributed by atoms with van der Waals surface area (Å²) in [6.07, 6.45) is 3.44. The van der Waals surface area contributed by atoms with Crippen LogP contribution in [0.2, 0.25) is 0 Å². The van der Waals surface area contributed by atoms with Gasteiger partial charge in [-0.1, -0.05) is 12.1 Å². The molecule has 120 valence electrons. The Hall–Kier alpha value is -1.59. The molecule has 1 aliphatic heterocycles. The maximum Gasteiger partial charge on any atom is 0.228 e. The molecular weight excluding hydrogens is 302 g/mol.